The van der Waals surface area contributed by atoms with Crippen molar-refractivity contribution >= 4 is 6.29 Å². The van der Waals surface area contributed by atoms with Gasteiger partial charge in [0.05, 0.1) is 5.54 Å². The second kappa shape index (κ2) is 3.84. The summed E-state index contributed by atoms with van der Waals surface area (Å²) in [6.07, 6.45) is 2.34. The van der Waals surface area contributed by atoms with Gasteiger partial charge in [0.1, 0.15) is 11.5 Å². The van der Waals surface area contributed by atoms with Crippen LogP contribution in [0, 0.1) is 0 Å². The van der Waals surface area contributed by atoms with Crippen LogP contribution >= 0.6 is 0 Å². The average Bonchev–Trinajstić information content (AvgIpc) is 2.17. The fraction of sp³-hybridized carbons (Fsp3) is 0.500. The first-order valence-electron chi connectivity index (χ1n) is 4.44. The van der Waals surface area contributed by atoms with Gasteiger partial charge in [0.15, 0.2) is 6.29 Å². The molecule has 0 aliphatic heterocycles. The molecule has 1 aromatic heterocycles. The molecule has 0 aromatic carbocycles. The summed E-state index contributed by atoms with van der Waals surface area (Å²) < 4.78 is 0. The molecule has 1 aromatic rings. The van der Waals surface area contributed by atoms with Gasteiger partial charge < -0.3 is 0 Å². The lowest BCUT2D eigenvalue weighted by atomic mass is 10.0. The Balaban J connectivity index is 3.12. The molecule has 0 aliphatic carbocycles. The molecule has 0 saturated carbocycles. The minimum absolute atomic E-state index is 0.265. The van der Waals surface area contributed by atoms with Crippen LogP contribution in [0.3, 0.4) is 0 Å². The first-order valence-corrected chi connectivity index (χ1v) is 4.44. The Morgan fingerprint density at radius 1 is 1.43 bits per heavy atom. The van der Waals surface area contributed by atoms with E-state index >= 15 is 0 Å². The summed E-state index contributed by atoms with van der Waals surface area (Å²) in [6, 6.07) is 1.60. The first kappa shape index (κ1) is 10.8. The highest BCUT2D eigenvalue weighted by Crippen LogP contribution is 2.20. The van der Waals surface area contributed by atoms with Gasteiger partial charge in [-0.05, 0) is 34.0 Å². The van der Waals surface area contributed by atoms with Gasteiger partial charge in [-0.3, -0.25) is 9.69 Å². The second-order valence-electron chi connectivity index (χ2n) is 3.88. The Kier molecular flexibility index (Phi) is 2.96. The average molecular weight is 193 g/mol. The number of hydrogen-bond donors (Lipinski definition) is 0. The first-order chi connectivity index (χ1) is 6.48. The molecular formula is C10H15N3O. The summed E-state index contributed by atoms with van der Waals surface area (Å²) in [7, 11) is 3.91. The van der Waals surface area contributed by atoms with Gasteiger partial charge in [-0.15, -0.1) is 0 Å². The van der Waals surface area contributed by atoms with Crippen molar-refractivity contribution in [2.75, 3.05) is 14.1 Å². The van der Waals surface area contributed by atoms with E-state index in [9.17, 15) is 4.79 Å². The molecule has 0 radical (unpaired) electrons. The molecule has 0 atom stereocenters. The SMILES string of the molecule is CN(C)C(C)(C)c1nccc(C=O)n1. The molecule has 4 nitrogen and oxygen atoms in total. The molecule has 4 heteroatoms. The fourth-order valence-electron chi connectivity index (χ4n) is 0.933. The number of aldehydes is 1. The van der Waals surface area contributed by atoms with E-state index in [0.29, 0.717) is 11.5 Å². The van der Waals surface area contributed by atoms with Crippen molar-refractivity contribution < 1.29 is 4.79 Å². The van der Waals surface area contributed by atoms with E-state index in [-0.39, 0.29) is 5.54 Å². The number of rotatable bonds is 3. The van der Waals surface area contributed by atoms with Crippen molar-refractivity contribution in [3.8, 4) is 0 Å². The molecule has 0 N–H and O–H groups in total. The van der Waals surface area contributed by atoms with Crippen LogP contribution in [0.2, 0.25) is 0 Å². The van der Waals surface area contributed by atoms with Gasteiger partial charge >= 0.3 is 0 Å². The van der Waals surface area contributed by atoms with E-state index < -0.39 is 0 Å². The van der Waals surface area contributed by atoms with E-state index in [4.69, 9.17) is 0 Å². The molecule has 1 rings (SSSR count). The van der Waals surface area contributed by atoms with E-state index in [2.05, 4.69) is 9.97 Å². The number of carbonyl (C=O) groups excluding carboxylic acids is 1. The quantitative estimate of drug-likeness (QED) is 0.674. The van der Waals surface area contributed by atoms with Gasteiger partial charge in [-0.25, -0.2) is 9.97 Å². The van der Waals surface area contributed by atoms with Crippen LogP contribution in [-0.4, -0.2) is 35.2 Å². The summed E-state index contributed by atoms with van der Waals surface area (Å²) >= 11 is 0. The van der Waals surface area contributed by atoms with E-state index in [1.807, 2.05) is 32.8 Å². The minimum Gasteiger partial charge on any atom is -0.298 e. The number of hydrogen-bond acceptors (Lipinski definition) is 4. The van der Waals surface area contributed by atoms with Crippen LogP contribution in [0.5, 0.6) is 0 Å². The molecular weight excluding hydrogens is 178 g/mol. The van der Waals surface area contributed by atoms with Crippen molar-refractivity contribution in [3.05, 3.63) is 23.8 Å². The summed E-state index contributed by atoms with van der Waals surface area (Å²) in [5.41, 5.74) is 0.156. The van der Waals surface area contributed by atoms with Crippen molar-refractivity contribution in [2.45, 2.75) is 19.4 Å². The lowest BCUT2D eigenvalue weighted by Crippen LogP contribution is -2.37. The van der Waals surface area contributed by atoms with E-state index in [1.165, 1.54) is 0 Å². The Hall–Kier alpha value is -1.29. The van der Waals surface area contributed by atoms with Gasteiger partial charge in [-0.1, -0.05) is 0 Å². The van der Waals surface area contributed by atoms with Crippen LogP contribution in [0.15, 0.2) is 12.3 Å². The second-order valence-corrected chi connectivity index (χ2v) is 3.88. The predicted molar refractivity (Wildman–Crippen MR) is 54.1 cm³/mol. The number of carbonyl (C=O) groups is 1. The third-order valence-corrected chi connectivity index (χ3v) is 2.46. The minimum atomic E-state index is -0.265. The van der Waals surface area contributed by atoms with E-state index in [1.54, 1.807) is 12.3 Å². The molecule has 1 heterocycles. The molecule has 0 bridgehead atoms. The predicted octanol–water partition coefficient (Wildman–Crippen LogP) is 1.09. The Bertz CT molecular complexity index is 334. The third kappa shape index (κ3) is 1.96. The topological polar surface area (TPSA) is 46.1 Å². The molecule has 0 spiro atoms. The van der Waals surface area contributed by atoms with Gasteiger partial charge in [0.2, 0.25) is 0 Å². The molecule has 14 heavy (non-hydrogen) atoms. The van der Waals surface area contributed by atoms with Crippen LogP contribution in [0.25, 0.3) is 0 Å². The van der Waals surface area contributed by atoms with Crippen molar-refractivity contribution in [1.82, 2.24) is 14.9 Å². The molecule has 76 valence electrons. The van der Waals surface area contributed by atoms with Crippen molar-refractivity contribution in [2.24, 2.45) is 0 Å². The lowest BCUT2D eigenvalue weighted by Gasteiger charge is -2.30. The standard InChI is InChI=1S/C10H15N3O/c1-10(2,13(3)4)9-11-6-5-8(7-14)12-9/h5-7H,1-4H3. The molecule has 0 aliphatic rings. The maximum Gasteiger partial charge on any atom is 0.168 e. The van der Waals surface area contributed by atoms with Gasteiger partial charge in [0.25, 0.3) is 0 Å². The van der Waals surface area contributed by atoms with Gasteiger partial charge in [0, 0.05) is 6.20 Å². The van der Waals surface area contributed by atoms with Crippen LogP contribution in [-0.2, 0) is 5.54 Å². The van der Waals surface area contributed by atoms with Crippen molar-refractivity contribution in [3.63, 3.8) is 0 Å². The largest absolute Gasteiger partial charge is 0.298 e. The maximum absolute atomic E-state index is 10.6. The highest BCUT2D eigenvalue weighted by molar-refractivity contribution is 5.71. The van der Waals surface area contributed by atoms with Crippen LogP contribution < -0.4 is 0 Å². The van der Waals surface area contributed by atoms with E-state index in [0.717, 1.165) is 6.29 Å². The highest BCUT2D eigenvalue weighted by atomic mass is 16.1. The third-order valence-electron chi connectivity index (χ3n) is 2.46. The Morgan fingerprint density at radius 3 is 2.57 bits per heavy atom. The normalized spacial score (nSPS) is 11.8. The fourth-order valence-corrected chi connectivity index (χ4v) is 0.933. The molecule has 0 unspecified atom stereocenters. The summed E-state index contributed by atoms with van der Waals surface area (Å²) in [5, 5.41) is 0. The molecule has 0 fully saturated rings. The summed E-state index contributed by atoms with van der Waals surface area (Å²) in [4.78, 5) is 20.9. The zero-order valence-corrected chi connectivity index (χ0v) is 8.98. The zero-order chi connectivity index (χ0) is 10.8. The molecule has 0 saturated heterocycles. The Labute approximate surface area is 84.0 Å². The number of nitrogens with zero attached hydrogens (tertiary/aromatic N) is 3. The highest BCUT2D eigenvalue weighted by Gasteiger charge is 2.26. The lowest BCUT2D eigenvalue weighted by molar-refractivity contribution is 0.111. The molecule has 0 amide bonds. The van der Waals surface area contributed by atoms with Crippen LogP contribution in [0.4, 0.5) is 0 Å². The maximum atomic E-state index is 10.6. The summed E-state index contributed by atoms with van der Waals surface area (Å²) in [6.45, 7) is 4.02. The van der Waals surface area contributed by atoms with Crippen LogP contribution in [0.1, 0.15) is 30.2 Å². The van der Waals surface area contributed by atoms with Crippen molar-refractivity contribution in [1.29, 1.82) is 0 Å². The van der Waals surface area contributed by atoms with Gasteiger partial charge in [-0.2, -0.15) is 0 Å². The zero-order valence-electron chi connectivity index (χ0n) is 8.98. The smallest absolute Gasteiger partial charge is 0.168 e. The monoisotopic (exact) mass is 193 g/mol. The summed E-state index contributed by atoms with van der Waals surface area (Å²) in [5.74, 6) is 0.659. The Morgan fingerprint density at radius 2 is 2.07 bits per heavy atom. The number of aromatic nitrogens is 2.